The Bertz CT molecular complexity index is 1100. The first-order valence-electron chi connectivity index (χ1n) is 11.0. The Kier molecular flexibility index (Phi) is 6.30. The maximum absolute atomic E-state index is 12.3. The summed E-state index contributed by atoms with van der Waals surface area (Å²) in [5.41, 5.74) is 3.23. The van der Waals surface area contributed by atoms with Crippen molar-refractivity contribution in [3.63, 3.8) is 0 Å². The molecule has 3 aromatic rings. The van der Waals surface area contributed by atoms with Crippen LogP contribution in [0.1, 0.15) is 33.6 Å². The number of benzene rings is 2. The third-order valence-corrected chi connectivity index (χ3v) is 5.67. The molecule has 0 saturated carbocycles. The van der Waals surface area contributed by atoms with Crippen molar-refractivity contribution in [2.24, 2.45) is 0 Å². The molecule has 7 nitrogen and oxygen atoms in total. The quantitative estimate of drug-likeness (QED) is 0.532. The molecule has 1 aliphatic heterocycles. The number of carbonyl (C=O) groups is 1. The summed E-state index contributed by atoms with van der Waals surface area (Å²) < 4.78 is 5.48. The minimum atomic E-state index is -0.495. The smallest absolute Gasteiger partial charge is 0.410 e. The summed E-state index contributed by atoms with van der Waals surface area (Å²) in [6, 6.07) is 16.6. The standard InChI is InChI=1S/C25H30N4O3/c1-25(2,3)32-24(30)29-14-11-20(12-15-29)27-23-22(28-31)21(10-13-26-23)19-9-8-17-6-4-5-7-18(17)16-19/h4-10,13,16,20,28,31H,11-12,14-15H2,1-3H3,(H,26,27)/p+1. The zero-order valence-electron chi connectivity index (χ0n) is 18.8. The van der Waals surface area contributed by atoms with E-state index >= 15 is 0 Å². The van der Waals surface area contributed by atoms with Gasteiger partial charge in [0.25, 0.3) is 0 Å². The number of hydrogen-bond acceptors (Lipinski definition) is 5. The van der Waals surface area contributed by atoms with Crippen LogP contribution in [0.5, 0.6) is 0 Å². The fourth-order valence-electron chi connectivity index (χ4n) is 4.05. The van der Waals surface area contributed by atoms with E-state index < -0.39 is 5.60 Å². The number of nitrogens with two attached hydrogens (primary N) is 1. The Morgan fingerprint density at radius 2 is 1.84 bits per heavy atom. The molecule has 2 aromatic carbocycles. The van der Waals surface area contributed by atoms with Gasteiger partial charge in [-0.2, -0.15) is 5.48 Å². The summed E-state index contributed by atoms with van der Waals surface area (Å²) in [5.74, 6) is 0.647. The van der Waals surface area contributed by atoms with Gasteiger partial charge in [-0.05, 0) is 62.1 Å². The van der Waals surface area contributed by atoms with Crippen LogP contribution in [0.15, 0.2) is 54.7 Å². The topological polar surface area (TPSA) is 91.3 Å². The van der Waals surface area contributed by atoms with Crippen LogP contribution in [0.3, 0.4) is 0 Å². The highest BCUT2D eigenvalue weighted by Crippen LogP contribution is 2.32. The molecule has 0 unspecified atom stereocenters. The number of anilines is 1. The second-order valence-corrected chi connectivity index (χ2v) is 9.20. The number of quaternary nitrogens is 1. The molecule has 1 fully saturated rings. The van der Waals surface area contributed by atoms with Crippen LogP contribution in [-0.4, -0.2) is 45.9 Å². The number of hydrogen-bond donors (Lipinski definition) is 3. The van der Waals surface area contributed by atoms with Gasteiger partial charge >= 0.3 is 6.09 Å². The van der Waals surface area contributed by atoms with Crippen LogP contribution in [0.2, 0.25) is 0 Å². The number of likely N-dealkylation sites (tertiary alicyclic amines) is 1. The van der Waals surface area contributed by atoms with Gasteiger partial charge in [0.05, 0.1) is 5.56 Å². The molecule has 7 heteroatoms. The van der Waals surface area contributed by atoms with Gasteiger partial charge in [-0.15, -0.1) is 0 Å². The van der Waals surface area contributed by atoms with Crippen molar-refractivity contribution in [3.8, 4) is 11.1 Å². The Morgan fingerprint density at radius 1 is 1.12 bits per heavy atom. The van der Waals surface area contributed by atoms with Crippen molar-refractivity contribution in [1.82, 2.24) is 9.88 Å². The lowest BCUT2D eigenvalue weighted by molar-refractivity contribution is -0.824. The number of carbonyl (C=O) groups excluding carboxylic acids is 1. The van der Waals surface area contributed by atoms with E-state index in [4.69, 9.17) is 4.74 Å². The number of piperidine rings is 1. The first-order chi connectivity index (χ1) is 15.3. The fraction of sp³-hybridized carbons (Fsp3) is 0.360. The number of pyridine rings is 1. The molecule has 0 aliphatic carbocycles. The van der Waals surface area contributed by atoms with Crippen LogP contribution in [0.25, 0.3) is 21.9 Å². The van der Waals surface area contributed by atoms with Gasteiger partial charge in [-0.25, -0.2) is 15.0 Å². The Morgan fingerprint density at radius 3 is 2.53 bits per heavy atom. The SMILES string of the molecule is CC(C)(C)OC(=O)N1CCC(Nc2nccc(-c3ccc4ccccc4c3)c2[NH2+]O)CC1. The summed E-state index contributed by atoms with van der Waals surface area (Å²) in [5, 5.41) is 15.8. The van der Waals surface area contributed by atoms with E-state index in [1.54, 1.807) is 11.1 Å². The molecule has 1 aliphatic rings. The highest BCUT2D eigenvalue weighted by Gasteiger charge is 2.28. The predicted molar refractivity (Wildman–Crippen MR) is 125 cm³/mol. The predicted octanol–water partition coefficient (Wildman–Crippen LogP) is 4.30. The number of aromatic nitrogens is 1. The van der Waals surface area contributed by atoms with Crippen LogP contribution in [0.4, 0.5) is 16.3 Å². The average molecular weight is 436 g/mol. The van der Waals surface area contributed by atoms with E-state index in [0.29, 0.717) is 24.6 Å². The van der Waals surface area contributed by atoms with Crippen LogP contribution >= 0.6 is 0 Å². The van der Waals surface area contributed by atoms with Crippen molar-refractivity contribution in [2.75, 3.05) is 18.4 Å². The van der Waals surface area contributed by atoms with Crippen LogP contribution < -0.4 is 10.8 Å². The summed E-state index contributed by atoms with van der Waals surface area (Å²) >= 11 is 0. The Balaban J connectivity index is 1.49. The van der Waals surface area contributed by atoms with E-state index in [0.717, 1.165) is 34.8 Å². The van der Waals surface area contributed by atoms with Gasteiger partial charge in [-0.1, -0.05) is 36.4 Å². The molecule has 4 N–H and O–H groups in total. The number of rotatable bonds is 4. The first-order valence-corrected chi connectivity index (χ1v) is 11.0. The highest BCUT2D eigenvalue weighted by atomic mass is 16.6. The Labute approximate surface area is 188 Å². The van der Waals surface area contributed by atoms with Crippen molar-refractivity contribution in [2.45, 2.75) is 45.3 Å². The van der Waals surface area contributed by atoms with Gasteiger partial charge < -0.3 is 15.0 Å². The number of ether oxygens (including phenoxy) is 1. The maximum Gasteiger partial charge on any atom is 0.410 e. The number of nitrogens with zero attached hydrogens (tertiary/aromatic N) is 2. The molecule has 32 heavy (non-hydrogen) atoms. The molecule has 0 spiro atoms. The molecule has 1 saturated heterocycles. The molecule has 2 heterocycles. The summed E-state index contributed by atoms with van der Waals surface area (Å²) in [6.45, 7) is 6.87. The number of fused-ring (bicyclic) bond motifs is 1. The van der Waals surface area contributed by atoms with E-state index in [1.165, 1.54) is 5.39 Å². The number of nitrogens with one attached hydrogen (secondary N) is 1. The zero-order valence-corrected chi connectivity index (χ0v) is 18.8. The molecular weight excluding hydrogens is 404 g/mol. The van der Waals surface area contributed by atoms with Gasteiger partial charge in [0, 0.05) is 25.3 Å². The van der Waals surface area contributed by atoms with E-state index in [-0.39, 0.29) is 12.1 Å². The molecule has 1 amide bonds. The third-order valence-electron chi connectivity index (χ3n) is 5.67. The minimum absolute atomic E-state index is 0.159. The van der Waals surface area contributed by atoms with E-state index in [1.807, 2.05) is 39.0 Å². The van der Waals surface area contributed by atoms with E-state index in [9.17, 15) is 10.0 Å². The van der Waals surface area contributed by atoms with Gasteiger partial charge in [0.2, 0.25) is 5.69 Å². The monoisotopic (exact) mass is 435 g/mol. The molecular formula is C25H31N4O3+. The summed E-state index contributed by atoms with van der Waals surface area (Å²) in [4.78, 5) is 18.5. The van der Waals surface area contributed by atoms with Crippen LogP contribution in [-0.2, 0) is 4.74 Å². The van der Waals surface area contributed by atoms with Crippen molar-refractivity contribution < 1.29 is 20.2 Å². The second kappa shape index (κ2) is 9.14. The normalized spacial score (nSPS) is 15.1. The highest BCUT2D eigenvalue weighted by molar-refractivity contribution is 5.90. The lowest BCUT2D eigenvalue weighted by Crippen LogP contribution is -2.74. The van der Waals surface area contributed by atoms with Crippen LogP contribution in [0, 0.1) is 0 Å². The second-order valence-electron chi connectivity index (χ2n) is 9.20. The van der Waals surface area contributed by atoms with E-state index in [2.05, 4.69) is 40.6 Å². The molecule has 1 aromatic heterocycles. The molecule has 0 bridgehead atoms. The lowest BCUT2D eigenvalue weighted by atomic mass is 10.00. The van der Waals surface area contributed by atoms with Crippen molar-refractivity contribution in [3.05, 3.63) is 54.7 Å². The molecule has 168 valence electrons. The minimum Gasteiger partial charge on any atom is -0.444 e. The molecule has 4 rings (SSSR count). The third kappa shape index (κ3) is 5.00. The molecule has 0 atom stereocenters. The zero-order chi connectivity index (χ0) is 22.7. The maximum atomic E-state index is 12.3. The molecule has 0 radical (unpaired) electrons. The largest absolute Gasteiger partial charge is 0.444 e. The first kappa shape index (κ1) is 22.0. The Hall–Kier alpha value is -3.16. The lowest BCUT2D eigenvalue weighted by Gasteiger charge is -2.34. The van der Waals surface area contributed by atoms with Gasteiger partial charge in [0.1, 0.15) is 5.60 Å². The average Bonchev–Trinajstić information content (AvgIpc) is 2.78. The summed E-state index contributed by atoms with van der Waals surface area (Å²) in [6.07, 6.45) is 3.06. The van der Waals surface area contributed by atoms with Gasteiger partial charge in [-0.3, -0.25) is 0 Å². The van der Waals surface area contributed by atoms with Crippen molar-refractivity contribution >= 4 is 28.4 Å². The van der Waals surface area contributed by atoms with Crippen molar-refractivity contribution in [1.29, 1.82) is 0 Å². The fourth-order valence-corrected chi connectivity index (χ4v) is 4.05. The van der Waals surface area contributed by atoms with Gasteiger partial charge in [0.15, 0.2) is 5.82 Å². The number of amides is 1. The summed E-state index contributed by atoms with van der Waals surface area (Å²) in [7, 11) is 0.